The van der Waals surface area contributed by atoms with Crippen molar-refractivity contribution >= 4 is 17.5 Å². The third kappa shape index (κ3) is 13.2. The van der Waals surface area contributed by atoms with Crippen molar-refractivity contribution in [3.8, 4) is 23.0 Å². The first-order valence-electron chi connectivity index (χ1n) is 14.8. The lowest BCUT2D eigenvalue weighted by molar-refractivity contribution is -0.385. The molecular formula is C34H39N3O10. The molecule has 0 saturated heterocycles. The first-order chi connectivity index (χ1) is 22.9. The molecule has 13 heteroatoms. The molecule has 0 heterocycles. The second kappa shape index (κ2) is 20.6. The Labute approximate surface area is 273 Å². The van der Waals surface area contributed by atoms with E-state index >= 15 is 0 Å². The predicted molar refractivity (Wildman–Crippen MR) is 175 cm³/mol. The molecule has 0 bridgehead atoms. The molecule has 0 fully saturated rings. The third-order valence-corrected chi connectivity index (χ3v) is 6.12. The number of ether oxygens (including phenoxy) is 6. The molecular weight excluding hydrogens is 610 g/mol. The van der Waals surface area contributed by atoms with Crippen LogP contribution in [0.2, 0.25) is 0 Å². The van der Waals surface area contributed by atoms with Crippen LogP contribution in [-0.2, 0) is 9.47 Å². The summed E-state index contributed by atoms with van der Waals surface area (Å²) in [7, 11) is 0. The number of carbonyl (C=O) groups excluding carboxylic acids is 2. The molecule has 3 aromatic rings. The Balaban J connectivity index is 1.41. The second-order valence-electron chi connectivity index (χ2n) is 9.56. The lowest BCUT2D eigenvalue weighted by Gasteiger charge is -2.11. The van der Waals surface area contributed by atoms with Crippen LogP contribution in [-0.4, -0.2) is 82.7 Å². The minimum absolute atomic E-state index is 0.0693. The van der Waals surface area contributed by atoms with Gasteiger partial charge in [0.05, 0.1) is 44.4 Å². The van der Waals surface area contributed by atoms with Crippen molar-refractivity contribution in [2.75, 3.05) is 65.9 Å². The summed E-state index contributed by atoms with van der Waals surface area (Å²) in [6, 6.07) is 17.5. The van der Waals surface area contributed by atoms with Gasteiger partial charge in [-0.3, -0.25) is 19.7 Å². The predicted octanol–water partition coefficient (Wildman–Crippen LogP) is 4.38. The van der Waals surface area contributed by atoms with Gasteiger partial charge in [0, 0.05) is 11.6 Å². The number of rotatable bonds is 23. The van der Waals surface area contributed by atoms with Gasteiger partial charge in [0.15, 0.2) is 0 Å². The number of nitrogens with one attached hydrogen (secondary N) is 2. The number of nitro benzene ring substituents is 1. The normalized spacial score (nSPS) is 10.4. The molecule has 2 amide bonds. The number of carbonyl (C=O) groups is 2. The molecule has 0 aliphatic heterocycles. The fraction of sp³-hybridized carbons (Fsp3) is 0.294. The van der Waals surface area contributed by atoms with E-state index in [1.807, 2.05) is 0 Å². The van der Waals surface area contributed by atoms with Crippen LogP contribution in [0.4, 0.5) is 5.69 Å². The van der Waals surface area contributed by atoms with E-state index in [9.17, 15) is 19.7 Å². The smallest absolute Gasteiger partial charge is 0.282 e. The van der Waals surface area contributed by atoms with Crippen LogP contribution < -0.4 is 29.6 Å². The van der Waals surface area contributed by atoms with Crippen LogP contribution in [0.1, 0.15) is 20.7 Å². The quantitative estimate of drug-likeness (QED) is 0.0654. The molecule has 0 aliphatic rings. The Morgan fingerprint density at radius 3 is 1.49 bits per heavy atom. The number of nitro groups is 1. The van der Waals surface area contributed by atoms with Gasteiger partial charge in [-0.05, 0) is 60.7 Å². The highest BCUT2D eigenvalue weighted by molar-refractivity contribution is 6.02. The highest BCUT2D eigenvalue weighted by Crippen LogP contribution is 2.21. The Morgan fingerprint density at radius 1 is 0.638 bits per heavy atom. The summed E-state index contributed by atoms with van der Waals surface area (Å²) in [6.45, 7) is 10.3. The minimum atomic E-state index is -0.711. The molecule has 0 aromatic heterocycles. The molecule has 0 spiro atoms. The summed E-state index contributed by atoms with van der Waals surface area (Å²) in [5.41, 5.74) is -0.581. The first-order valence-corrected chi connectivity index (χ1v) is 14.8. The lowest BCUT2D eigenvalue weighted by Crippen LogP contribution is -2.30. The monoisotopic (exact) mass is 649 g/mol. The molecule has 13 nitrogen and oxygen atoms in total. The zero-order chi connectivity index (χ0) is 33.7. The van der Waals surface area contributed by atoms with E-state index in [0.717, 1.165) is 6.07 Å². The van der Waals surface area contributed by atoms with Crippen molar-refractivity contribution in [2.45, 2.75) is 0 Å². The van der Waals surface area contributed by atoms with Gasteiger partial charge in [-0.2, -0.15) is 0 Å². The van der Waals surface area contributed by atoms with Crippen molar-refractivity contribution in [3.63, 3.8) is 0 Å². The Bertz CT molecular complexity index is 1450. The molecule has 0 radical (unpaired) electrons. The molecule has 0 unspecified atom stereocenters. The average Bonchev–Trinajstić information content (AvgIpc) is 3.09. The van der Waals surface area contributed by atoms with Gasteiger partial charge in [0.2, 0.25) is 0 Å². The molecule has 0 saturated carbocycles. The summed E-state index contributed by atoms with van der Waals surface area (Å²) < 4.78 is 33.0. The van der Waals surface area contributed by atoms with Crippen LogP contribution in [0.3, 0.4) is 0 Å². The van der Waals surface area contributed by atoms with Gasteiger partial charge in [-0.25, -0.2) is 0 Å². The molecule has 2 N–H and O–H groups in total. The van der Waals surface area contributed by atoms with Crippen molar-refractivity contribution in [2.24, 2.45) is 0 Å². The zero-order valence-corrected chi connectivity index (χ0v) is 26.0. The topological polar surface area (TPSA) is 157 Å². The SMILES string of the molecule is C=CCOCCOc1ccc(OCCNC(=O)c2ccc([N+](=O)[O-])c(C(=O)NCCOc3ccc(OCCOCC=C)cc3)c2)cc1. The molecule has 0 aliphatic carbocycles. The maximum Gasteiger partial charge on any atom is 0.282 e. The summed E-state index contributed by atoms with van der Waals surface area (Å²) in [5.74, 6) is 1.22. The summed E-state index contributed by atoms with van der Waals surface area (Å²) in [4.78, 5) is 36.4. The van der Waals surface area contributed by atoms with E-state index in [1.165, 1.54) is 12.1 Å². The fourth-order valence-corrected chi connectivity index (χ4v) is 3.92. The van der Waals surface area contributed by atoms with Gasteiger partial charge in [-0.15, -0.1) is 13.2 Å². The summed E-state index contributed by atoms with van der Waals surface area (Å²) in [6.07, 6.45) is 3.33. The van der Waals surface area contributed by atoms with E-state index in [1.54, 1.807) is 60.7 Å². The van der Waals surface area contributed by atoms with Crippen molar-refractivity contribution in [3.05, 3.63) is 113 Å². The molecule has 0 atom stereocenters. The third-order valence-electron chi connectivity index (χ3n) is 6.12. The first kappa shape index (κ1) is 36.1. The average molecular weight is 650 g/mol. The van der Waals surface area contributed by atoms with Crippen LogP contribution >= 0.6 is 0 Å². The lowest BCUT2D eigenvalue weighted by atomic mass is 10.1. The summed E-state index contributed by atoms with van der Waals surface area (Å²) in [5, 5.41) is 16.8. The Kier molecular flexibility index (Phi) is 15.8. The standard InChI is InChI=1S/C34H39N3O10/c1-3-17-42-21-23-46-29-10-6-27(7-11-29)44-19-15-35-33(38)26-5-14-32(37(40)41)31(25-26)34(39)36-16-20-45-28-8-12-30(13-9-28)47-24-22-43-18-4-2/h3-14,25H,1-2,15-24H2,(H,35,38)(H,36,39). The molecule has 47 heavy (non-hydrogen) atoms. The number of hydrogen-bond donors (Lipinski definition) is 2. The van der Waals surface area contributed by atoms with E-state index in [-0.39, 0.29) is 37.4 Å². The maximum atomic E-state index is 12.8. The van der Waals surface area contributed by atoms with E-state index in [4.69, 9.17) is 28.4 Å². The highest BCUT2D eigenvalue weighted by atomic mass is 16.6. The van der Waals surface area contributed by atoms with Gasteiger partial charge >= 0.3 is 0 Å². The van der Waals surface area contributed by atoms with Gasteiger partial charge in [0.25, 0.3) is 17.5 Å². The summed E-state index contributed by atoms with van der Waals surface area (Å²) >= 11 is 0. The largest absolute Gasteiger partial charge is 0.492 e. The van der Waals surface area contributed by atoms with Crippen molar-refractivity contribution < 1.29 is 42.9 Å². The van der Waals surface area contributed by atoms with Gasteiger partial charge in [0.1, 0.15) is 55.0 Å². The fourth-order valence-electron chi connectivity index (χ4n) is 3.92. The minimum Gasteiger partial charge on any atom is -0.492 e. The van der Waals surface area contributed by atoms with Crippen LogP contribution in [0.25, 0.3) is 0 Å². The number of amides is 2. The molecule has 3 aromatic carbocycles. The molecule has 250 valence electrons. The van der Waals surface area contributed by atoms with Crippen molar-refractivity contribution in [1.29, 1.82) is 0 Å². The van der Waals surface area contributed by atoms with Crippen molar-refractivity contribution in [1.82, 2.24) is 10.6 Å². The number of benzene rings is 3. The Hall–Kier alpha value is -5.40. The number of nitrogens with zero attached hydrogens (tertiary/aromatic N) is 1. The van der Waals surface area contributed by atoms with E-state index in [2.05, 4.69) is 23.8 Å². The second-order valence-corrected chi connectivity index (χ2v) is 9.56. The van der Waals surface area contributed by atoms with Crippen LogP contribution in [0, 0.1) is 10.1 Å². The maximum absolute atomic E-state index is 12.8. The van der Waals surface area contributed by atoms with Crippen LogP contribution in [0.15, 0.2) is 92.0 Å². The Morgan fingerprint density at radius 2 is 1.06 bits per heavy atom. The van der Waals surface area contributed by atoms with Gasteiger partial charge < -0.3 is 39.1 Å². The van der Waals surface area contributed by atoms with E-state index in [0.29, 0.717) is 62.6 Å². The van der Waals surface area contributed by atoms with Crippen LogP contribution in [0.5, 0.6) is 23.0 Å². The van der Waals surface area contributed by atoms with E-state index < -0.39 is 22.4 Å². The molecule has 3 rings (SSSR count). The highest BCUT2D eigenvalue weighted by Gasteiger charge is 2.22. The zero-order valence-electron chi connectivity index (χ0n) is 26.0. The number of hydrogen-bond acceptors (Lipinski definition) is 10. The van der Waals surface area contributed by atoms with Gasteiger partial charge in [-0.1, -0.05) is 12.2 Å².